The number of pyridine rings is 1. The van der Waals surface area contributed by atoms with Gasteiger partial charge in [-0.15, -0.1) is 11.3 Å². The number of fused-ring (bicyclic) bond motifs is 1. The fourth-order valence-electron chi connectivity index (χ4n) is 4.28. The first-order valence-electron chi connectivity index (χ1n) is 9.53. The number of thiazole rings is 1. The van der Waals surface area contributed by atoms with E-state index in [1.807, 2.05) is 0 Å². The second kappa shape index (κ2) is 7.09. The minimum Gasteiger partial charge on any atom is -0.296 e. The molecule has 3 nitrogen and oxygen atoms in total. The van der Waals surface area contributed by atoms with Crippen LogP contribution in [-0.2, 0) is 6.42 Å². The van der Waals surface area contributed by atoms with Gasteiger partial charge in [0.25, 0.3) is 0 Å². The zero-order chi connectivity index (χ0) is 18.3. The van der Waals surface area contributed by atoms with Crippen LogP contribution in [0.25, 0.3) is 10.2 Å². The van der Waals surface area contributed by atoms with Gasteiger partial charge in [-0.2, -0.15) is 0 Å². The maximum Gasteiger partial charge on any atom is 0.0907 e. The van der Waals surface area contributed by atoms with Gasteiger partial charge >= 0.3 is 0 Å². The van der Waals surface area contributed by atoms with Crippen LogP contribution < -0.4 is 0 Å². The molecule has 2 atom stereocenters. The number of hydrogen-bond donors (Lipinski definition) is 0. The van der Waals surface area contributed by atoms with Crippen LogP contribution in [0.15, 0.2) is 30.3 Å². The second-order valence-corrected chi connectivity index (χ2v) is 8.98. The Labute approximate surface area is 160 Å². The molecule has 1 aliphatic rings. The van der Waals surface area contributed by atoms with E-state index in [4.69, 9.17) is 0 Å². The zero-order valence-corrected chi connectivity index (χ0v) is 16.9. The predicted molar refractivity (Wildman–Crippen MR) is 110 cm³/mol. The van der Waals surface area contributed by atoms with Crippen molar-refractivity contribution >= 4 is 21.6 Å². The molecule has 0 spiro atoms. The maximum atomic E-state index is 4.66. The van der Waals surface area contributed by atoms with Gasteiger partial charge in [0.15, 0.2) is 0 Å². The number of likely N-dealkylation sites (tertiary alicyclic amines) is 1. The first-order chi connectivity index (χ1) is 12.5. The van der Waals surface area contributed by atoms with Crippen molar-refractivity contribution in [1.29, 1.82) is 0 Å². The summed E-state index contributed by atoms with van der Waals surface area (Å²) in [4.78, 5) is 11.8. The Morgan fingerprint density at radius 2 is 1.88 bits per heavy atom. The van der Waals surface area contributed by atoms with Crippen LogP contribution in [0, 0.1) is 26.7 Å². The monoisotopic (exact) mass is 365 g/mol. The predicted octanol–water partition coefficient (Wildman–Crippen LogP) is 5.24. The summed E-state index contributed by atoms with van der Waals surface area (Å²) in [7, 11) is 0. The molecular weight excluding hydrogens is 338 g/mol. The summed E-state index contributed by atoms with van der Waals surface area (Å²) in [5.74, 6) is 0.740. The molecule has 0 saturated carbocycles. The van der Waals surface area contributed by atoms with Gasteiger partial charge < -0.3 is 0 Å². The van der Waals surface area contributed by atoms with Gasteiger partial charge in [0.05, 0.1) is 15.2 Å². The molecule has 1 saturated heterocycles. The molecule has 4 heteroatoms. The number of benzene rings is 1. The van der Waals surface area contributed by atoms with Crippen LogP contribution in [0.2, 0.25) is 0 Å². The molecular formula is C22H27N3S. The Morgan fingerprint density at radius 1 is 1.12 bits per heavy atom. The van der Waals surface area contributed by atoms with Crippen molar-refractivity contribution in [2.24, 2.45) is 5.92 Å². The lowest BCUT2D eigenvalue weighted by atomic mass is 9.98. The summed E-state index contributed by atoms with van der Waals surface area (Å²) in [5.41, 5.74) is 6.24. The molecule has 0 aliphatic carbocycles. The summed E-state index contributed by atoms with van der Waals surface area (Å²) < 4.78 is 1.29. The lowest BCUT2D eigenvalue weighted by Gasteiger charge is -2.25. The van der Waals surface area contributed by atoms with Gasteiger partial charge in [0.1, 0.15) is 0 Å². The van der Waals surface area contributed by atoms with Crippen LogP contribution in [-0.4, -0.2) is 28.0 Å². The molecule has 0 radical (unpaired) electrons. The molecule has 0 bridgehead atoms. The van der Waals surface area contributed by atoms with E-state index in [9.17, 15) is 0 Å². The smallest absolute Gasteiger partial charge is 0.0907 e. The van der Waals surface area contributed by atoms with Crippen molar-refractivity contribution in [2.75, 3.05) is 13.1 Å². The third-order valence-corrected chi connectivity index (χ3v) is 6.48. The molecule has 1 aromatic carbocycles. The number of hydrogen-bond acceptors (Lipinski definition) is 4. The number of aryl methyl sites for hydroxylation is 3. The van der Waals surface area contributed by atoms with E-state index in [1.54, 1.807) is 11.3 Å². The highest BCUT2D eigenvalue weighted by molar-refractivity contribution is 7.18. The van der Waals surface area contributed by atoms with Gasteiger partial charge in [-0.05, 0) is 88.4 Å². The highest BCUT2D eigenvalue weighted by Gasteiger charge is 2.27. The average Bonchev–Trinajstić information content (AvgIpc) is 3.17. The Balaban J connectivity index is 1.45. The van der Waals surface area contributed by atoms with Crippen molar-refractivity contribution < 1.29 is 0 Å². The standard InChI is InChI=1S/C22H27N3S/c1-14-9-19(10-15(2)23-14)11-18-7-8-25(13-18)16(3)20-5-6-22-21(12-20)24-17(4)26-22/h5-6,9-10,12,16,18H,7-8,11,13H2,1-4H3/t16-,18-/m0/s1. The van der Waals surface area contributed by atoms with Gasteiger partial charge in [0, 0.05) is 24.0 Å². The minimum absolute atomic E-state index is 0.451. The zero-order valence-electron chi connectivity index (χ0n) is 16.1. The lowest BCUT2D eigenvalue weighted by Crippen LogP contribution is -2.24. The Kier molecular flexibility index (Phi) is 4.80. The first kappa shape index (κ1) is 17.6. The van der Waals surface area contributed by atoms with E-state index in [2.05, 4.69) is 72.9 Å². The van der Waals surface area contributed by atoms with E-state index in [0.29, 0.717) is 6.04 Å². The topological polar surface area (TPSA) is 29.0 Å². The molecule has 136 valence electrons. The first-order valence-corrected chi connectivity index (χ1v) is 10.3. The summed E-state index contributed by atoms with van der Waals surface area (Å²) in [6.07, 6.45) is 2.44. The van der Waals surface area contributed by atoms with Crippen LogP contribution in [0.4, 0.5) is 0 Å². The third-order valence-electron chi connectivity index (χ3n) is 5.53. The van der Waals surface area contributed by atoms with Gasteiger partial charge in [-0.25, -0.2) is 4.98 Å². The number of aromatic nitrogens is 2. The average molecular weight is 366 g/mol. The van der Waals surface area contributed by atoms with Crippen molar-refractivity contribution in [3.8, 4) is 0 Å². The molecule has 3 heterocycles. The quantitative estimate of drug-likeness (QED) is 0.633. The number of rotatable bonds is 4. The Morgan fingerprint density at radius 3 is 2.65 bits per heavy atom. The summed E-state index contributed by atoms with van der Waals surface area (Å²) in [5, 5.41) is 1.15. The number of nitrogens with zero attached hydrogens (tertiary/aromatic N) is 3. The van der Waals surface area contributed by atoms with Crippen LogP contribution >= 0.6 is 11.3 Å². The highest BCUT2D eigenvalue weighted by Crippen LogP contribution is 2.31. The van der Waals surface area contributed by atoms with E-state index < -0.39 is 0 Å². The summed E-state index contributed by atoms with van der Waals surface area (Å²) in [6.45, 7) is 11.0. The summed E-state index contributed by atoms with van der Waals surface area (Å²) in [6, 6.07) is 11.8. The second-order valence-electron chi connectivity index (χ2n) is 7.75. The molecule has 0 N–H and O–H groups in total. The third kappa shape index (κ3) is 3.67. The molecule has 3 aromatic rings. The van der Waals surface area contributed by atoms with Crippen LogP contribution in [0.1, 0.15) is 46.9 Å². The molecule has 1 aliphatic heterocycles. The van der Waals surface area contributed by atoms with Crippen molar-refractivity contribution in [3.63, 3.8) is 0 Å². The fraction of sp³-hybridized carbons (Fsp3) is 0.455. The SMILES string of the molecule is Cc1cc(C[C@@H]2CCN([C@@H](C)c3ccc4sc(C)nc4c3)C2)cc(C)n1. The maximum absolute atomic E-state index is 4.66. The molecule has 1 fully saturated rings. The fourth-order valence-corrected chi connectivity index (χ4v) is 5.09. The lowest BCUT2D eigenvalue weighted by molar-refractivity contribution is 0.252. The molecule has 4 rings (SSSR count). The Hall–Kier alpha value is -1.78. The van der Waals surface area contributed by atoms with E-state index in [-0.39, 0.29) is 0 Å². The van der Waals surface area contributed by atoms with Crippen molar-refractivity contribution in [3.05, 3.63) is 57.9 Å². The van der Waals surface area contributed by atoms with Crippen molar-refractivity contribution in [1.82, 2.24) is 14.9 Å². The highest BCUT2D eigenvalue weighted by atomic mass is 32.1. The molecule has 0 unspecified atom stereocenters. The molecule has 0 amide bonds. The largest absolute Gasteiger partial charge is 0.296 e. The van der Waals surface area contributed by atoms with Gasteiger partial charge in [-0.1, -0.05) is 6.07 Å². The Bertz CT molecular complexity index is 910. The van der Waals surface area contributed by atoms with Crippen molar-refractivity contribution in [2.45, 2.75) is 46.6 Å². The summed E-state index contributed by atoms with van der Waals surface area (Å²) >= 11 is 1.78. The van der Waals surface area contributed by atoms with Crippen LogP contribution in [0.5, 0.6) is 0 Å². The van der Waals surface area contributed by atoms with Gasteiger partial charge in [-0.3, -0.25) is 9.88 Å². The van der Waals surface area contributed by atoms with E-state index >= 15 is 0 Å². The minimum atomic E-state index is 0.451. The van der Waals surface area contributed by atoms with E-state index in [1.165, 1.54) is 35.3 Å². The van der Waals surface area contributed by atoms with Crippen LogP contribution in [0.3, 0.4) is 0 Å². The molecule has 2 aromatic heterocycles. The normalized spacial score (nSPS) is 19.3. The van der Waals surface area contributed by atoms with Gasteiger partial charge in [0.2, 0.25) is 0 Å². The van der Waals surface area contributed by atoms with E-state index in [0.717, 1.165) is 34.3 Å². The molecule has 26 heavy (non-hydrogen) atoms.